The Hall–Kier alpha value is -1.74. The summed E-state index contributed by atoms with van der Waals surface area (Å²) in [6, 6.07) is 9.91. The van der Waals surface area contributed by atoms with E-state index in [2.05, 4.69) is 4.98 Å². The lowest BCUT2D eigenvalue weighted by Gasteiger charge is -2.10. The molecule has 0 aliphatic carbocycles. The van der Waals surface area contributed by atoms with Gasteiger partial charge in [0.25, 0.3) is 0 Å². The molecule has 0 aliphatic rings. The predicted molar refractivity (Wildman–Crippen MR) is 63.9 cm³/mol. The first-order valence-electron chi connectivity index (χ1n) is 5.58. The molecule has 0 saturated heterocycles. The summed E-state index contributed by atoms with van der Waals surface area (Å²) in [5.41, 5.74) is 1.69. The second-order valence-electron chi connectivity index (χ2n) is 3.97. The van der Waals surface area contributed by atoms with E-state index in [4.69, 9.17) is 0 Å². The monoisotopic (exact) mass is 231 g/mol. The van der Waals surface area contributed by atoms with Crippen molar-refractivity contribution < 1.29 is 9.50 Å². The van der Waals surface area contributed by atoms with E-state index in [9.17, 15) is 9.50 Å². The molecule has 0 amide bonds. The number of aryl methyl sites for hydroxylation is 1. The highest BCUT2D eigenvalue weighted by Crippen LogP contribution is 2.19. The second kappa shape index (κ2) is 5.55. The lowest BCUT2D eigenvalue weighted by molar-refractivity contribution is 0.167. The molecular weight excluding hydrogens is 217 g/mol. The third-order valence-electron chi connectivity index (χ3n) is 2.66. The van der Waals surface area contributed by atoms with E-state index in [1.54, 1.807) is 24.5 Å². The van der Waals surface area contributed by atoms with E-state index < -0.39 is 6.10 Å². The van der Waals surface area contributed by atoms with Crippen LogP contribution in [0.15, 0.2) is 48.8 Å². The van der Waals surface area contributed by atoms with Gasteiger partial charge in [0.05, 0.1) is 6.10 Å². The van der Waals surface area contributed by atoms with Gasteiger partial charge in [0.2, 0.25) is 0 Å². The fourth-order valence-electron chi connectivity index (χ4n) is 1.73. The minimum absolute atomic E-state index is 0.317. The summed E-state index contributed by atoms with van der Waals surface area (Å²) in [5, 5.41) is 9.92. The second-order valence-corrected chi connectivity index (χ2v) is 3.97. The molecular formula is C14H14FNO. The van der Waals surface area contributed by atoms with Gasteiger partial charge < -0.3 is 5.11 Å². The Morgan fingerprint density at radius 3 is 2.82 bits per heavy atom. The Morgan fingerprint density at radius 2 is 2.12 bits per heavy atom. The van der Waals surface area contributed by atoms with Crippen LogP contribution >= 0.6 is 0 Å². The first-order chi connectivity index (χ1) is 8.25. The van der Waals surface area contributed by atoms with Crippen molar-refractivity contribution in [2.45, 2.75) is 18.9 Å². The highest BCUT2D eigenvalue weighted by atomic mass is 19.1. The van der Waals surface area contributed by atoms with Gasteiger partial charge in [-0.1, -0.05) is 18.2 Å². The van der Waals surface area contributed by atoms with Crippen LogP contribution in [0.2, 0.25) is 0 Å². The van der Waals surface area contributed by atoms with Crippen LogP contribution in [0.1, 0.15) is 23.7 Å². The number of rotatable bonds is 4. The first kappa shape index (κ1) is 11.7. The number of pyridine rings is 1. The number of aromatic nitrogens is 1. The van der Waals surface area contributed by atoms with E-state index in [1.807, 2.05) is 12.1 Å². The Morgan fingerprint density at radius 1 is 1.24 bits per heavy atom. The maximum Gasteiger partial charge on any atom is 0.123 e. The highest BCUT2D eigenvalue weighted by Gasteiger charge is 2.08. The molecule has 1 N–H and O–H groups in total. The maximum absolute atomic E-state index is 13.0. The van der Waals surface area contributed by atoms with Crippen LogP contribution in [0.25, 0.3) is 0 Å². The van der Waals surface area contributed by atoms with Crippen LogP contribution < -0.4 is 0 Å². The van der Waals surface area contributed by atoms with Gasteiger partial charge in [-0.25, -0.2) is 4.39 Å². The summed E-state index contributed by atoms with van der Waals surface area (Å²) in [4.78, 5) is 4.01. The fourth-order valence-corrected chi connectivity index (χ4v) is 1.73. The molecule has 17 heavy (non-hydrogen) atoms. The molecule has 3 heteroatoms. The fraction of sp³-hybridized carbons (Fsp3) is 0.214. The third-order valence-corrected chi connectivity index (χ3v) is 2.66. The number of hydrogen-bond acceptors (Lipinski definition) is 2. The zero-order valence-corrected chi connectivity index (χ0v) is 9.38. The minimum Gasteiger partial charge on any atom is -0.388 e. The Kier molecular flexibility index (Phi) is 3.83. The van der Waals surface area contributed by atoms with Crippen LogP contribution in [0.3, 0.4) is 0 Å². The minimum atomic E-state index is -0.633. The van der Waals surface area contributed by atoms with Gasteiger partial charge in [-0.05, 0) is 42.2 Å². The van der Waals surface area contributed by atoms with Gasteiger partial charge in [-0.3, -0.25) is 4.98 Å². The van der Waals surface area contributed by atoms with E-state index in [-0.39, 0.29) is 5.82 Å². The highest BCUT2D eigenvalue weighted by molar-refractivity contribution is 5.19. The van der Waals surface area contributed by atoms with Crippen molar-refractivity contribution in [3.8, 4) is 0 Å². The van der Waals surface area contributed by atoms with Crippen molar-refractivity contribution in [1.82, 2.24) is 4.98 Å². The summed E-state index contributed by atoms with van der Waals surface area (Å²) >= 11 is 0. The summed E-state index contributed by atoms with van der Waals surface area (Å²) in [6.45, 7) is 0. The summed E-state index contributed by atoms with van der Waals surface area (Å²) in [7, 11) is 0. The maximum atomic E-state index is 13.0. The summed E-state index contributed by atoms with van der Waals surface area (Å²) < 4.78 is 13.0. The van der Waals surface area contributed by atoms with Crippen molar-refractivity contribution in [2.75, 3.05) is 0 Å². The SMILES string of the molecule is OC(CCc1cccnc1)c1cccc(F)c1. The van der Waals surface area contributed by atoms with Crippen molar-refractivity contribution in [1.29, 1.82) is 0 Å². The average Bonchev–Trinajstić information content (AvgIpc) is 2.37. The van der Waals surface area contributed by atoms with Gasteiger partial charge in [-0.2, -0.15) is 0 Å². The summed E-state index contributed by atoms with van der Waals surface area (Å²) in [5.74, 6) is -0.317. The lowest BCUT2D eigenvalue weighted by atomic mass is 10.0. The van der Waals surface area contributed by atoms with Crippen LogP contribution in [-0.4, -0.2) is 10.1 Å². The molecule has 0 spiro atoms. The molecule has 1 atom stereocenters. The van der Waals surface area contributed by atoms with Gasteiger partial charge >= 0.3 is 0 Å². The smallest absolute Gasteiger partial charge is 0.123 e. The summed E-state index contributed by atoms with van der Waals surface area (Å²) in [6.07, 6.45) is 4.15. The zero-order chi connectivity index (χ0) is 12.1. The largest absolute Gasteiger partial charge is 0.388 e. The van der Waals surface area contributed by atoms with Gasteiger partial charge in [-0.15, -0.1) is 0 Å². The van der Waals surface area contributed by atoms with Gasteiger partial charge in [0, 0.05) is 12.4 Å². The topological polar surface area (TPSA) is 33.1 Å². The standard InChI is InChI=1S/C14H14FNO/c15-13-5-1-4-12(9-13)14(17)7-6-11-3-2-8-16-10-11/h1-5,8-10,14,17H,6-7H2. The molecule has 88 valence electrons. The first-order valence-corrected chi connectivity index (χ1v) is 5.58. The molecule has 0 radical (unpaired) electrons. The lowest BCUT2D eigenvalue weighted by Crippen LogP contribution is -2.00. The molecule has 2 aromatic rings. The number of aliphatic hydroxyl groups excluding tert-OH is 1. The van der Waals surface area contributed by atoms with Crippen molar-refractivity contribution in [2.24, 2.45) is 0 Å². The molecule has 2 rings (SSSR count). The van der Waals surface area contributed by atoms with E-state index >= 15 is 0 Å². The normalized spacial score (nSPS) is 12.4. The number of nitrogens with zero attached hydrogens (tertiary/aromatic N) is 1. The molecule has 0 saturated carbocycles. The molecule has 1 heterocycles. The van der Waals surface area contributed by atoms with E-state index in [0.717, 1.165) is 12.0 Å². The van der Waals surface area contributed by atoms with Crippen LogP contribution in [-0.2, 0) is 6.42 Å². The van der Waals surface area contributed by atoms with E-state index in [0.29, 0.717) is 12.0 Å². The average molecular weight is 231 g/mol. The molecule has 1 unspecified atom stereocenters. The zero-order valence-electron chi connectivity index (χ0n) is 9.38. The molecule has 1 aromatic carbocycles. The Bertz CT molecular complexity index is 473. The molecule has 2 nitrogen and oxygen atoms in total. The van der Waals surface area contributed by atoms with Crippen LogP contribution in [0.4, 0.5) is 4.39 Å². The number of aliphatic hydroxyl groups is 1. The molecule has 1 aromatic heterocycles. The quantitative estimate of drug-likeness (QED) is 0.877. The third kappa shape index (κ3) is 3.36. The number of benzene rings is 1. The number of hydrogen-bond donors (Lipinski definition) is 1. The molecule has 0 bridgehead atoms. The van der Waals surface area contributed by atoms with Gasteiger partial charge in [0.1, 0.15) is 5.82 Å². The predicted octanol–water partition coefficient (Wildman–Crippen LogP) is 2.89. The molecule has 0 aliphatic heterocycles. The van der Waals surface area contributed by atoms with Gasteiger partial charge in [0.15, 0.2) is 0 Å². The Balaban J connectivity index is 1.96. The van der Waals surface area contributed by atoms with Crippen LogP contribution in [0, 0.1) is 5.82 Å². The van der Waals surface area contributed by atoms with Crippen molar-refractivity contribution in [3.05, 3.63) is 65.7 Å². The van der Waals surface area contributed by atoms with Crippen molar-refractivity contribution >= 4 is 0 Å². The number of halogens is 1. The Labute approximate surface area is 99.8 Å². The van der Waals surface area contributed by atoms with Crippen molar-refractivity contribution in [3.63, 3.8) is 0 Å². The molecule has 0 fully saturated rings. The van der Waals surface area contributed by atoms with Crippen LogP contribution in [0.5, 0.6) is 0 Å². The van der Waals surface area contributed by atoms with E-state index in [1.165, 1.54) is 12.1 Å².